The molecular formula is C12H17N3. The highest BCUT2D eigenvalue weighted by Gasteiger charge is 1.91. The average Bonchev–Trinajstić information content (AvgIpc) is 2.26. The smallest absolute Gasteiger partial charge is 0.193 e. The van der Waals surface area contributed by atoms with Crippen molar-refractivity contribution in [3.8, 4) is 0 Å². The van der Waals surface area contributed by atoms with Crippen molar-refractivity contribution in [1.82, 2.24) is 0 Å². The van der Waals surface area contributed by atoms with Gasteiger partial charge in [-0.3, -0.25) is 4.99 Å². The van der Waals surface area contributed by atoms with Crippen LogP contribution >= 0.6 is 0 Å². The van der Waals surface area contributed by atoms with Crippen molar-refractivity contribution in [2.45, 2.75) is 13.3 Å². The fourth-order valence-electron chi connectivity index (χ4n) is 1.14. The summed E-state index contributed by atoms with van der Waals surface area (Å²) < 4.78 is 0. The lowest BCUT2D eigenvalue weighted by Gasteiger charge is -2.04. The molecule has 0 saturated carbocycles. The minimum absolute atomic E-state index is 0.464. The van der Waals surface area contributed by atoms with Crippen molar-refractivity contribution in [2.75, 3.05) is 11.9 Å². The quantitative estimate of drug-likeness (QED) is 0.341. The molecule has 0 aromatic heterocycles. The molecule has 15 heavy (non-hydrogen) atoms. The Kier molecular flexibility index (Phi) is 5.01. The number of allylic oxidation sites excluding steroid dienone is 1. The highest BCUT2D eigenvalue weighted by atomic mass is 15.1. The molecule has 80 valence electrons. The van der Waals surface area contributed by atoms with E-state index in [1.54, 1.807) is 0 Å². The normalized spacial score (nSPS) is 11.9. The van der Waals surface area contributed by atoms with Crippen LogP contribution in [0.15, 0.2) is 47.5 Å². The average molecular weight is 203 g/mol. The third kappa shape index (κ3) is 4.86. The van der Waals surface area contributed by atoms with Crippen LogP contribution in [0.5, 0.6) is 0 Å². The molecule has 3 nitrogen and oxygen atoms in total. The molecule has 0 atom stereocenters. The molecule has 0 radical (unpaired) electrons. The van der Waals surface area contributed by atoms with Crippen molar-refractivity contribution in [3.63, 3.8) is 0 Å². The molecule has 1 aromatic carbocycles. The topological polar surface area (TPSA) is 50.4 Å². The Morgan fingerprint density at radius 1 is 1.40 bits per heavy atom. The van der Waals surface area contributed by atoms with Crippen LogP contribution in [0.2, 0.25) is 0 Å². The van der Waals surface area contributed by atoms with Crippen molar-refractivity contribution >= 4 is 11.6 Å². The number of guanidine groups is 1. The summed E-state index contributed by atoms with van der Waals surface area (Å²) in [6.45, 7) is 2.71. The van der Waals surface area contributed by atoms with Crippen LogP contribution in [0.1, 0.15) is 13.3 Å². The van der Waals surface area contributed by atoms with Gasteiger partial charge in [0, 0.05) is 12.2 Å². The highest BCUT2D eigenvalue weighted by molar-refractivity contribution is 5.92. The van der Waals surface area contributed by atoms with Gasteiger partial charge in [0.05, 0.1) is 0 Å². The largest absolute Gasteiger partial charge is 0.370 e. The number of anilines is 1. The maximum Gasteiger partial charge on any atom is 0.193 e. The number of para-hydroxylation sites is 1. The van der Waals surface area contributed by atoms with Crippen molar-refractivity contribution < 1.29 is 0 Å². The Morgan fingerprint density at radius 2 is 2.13 bits per heavy atom. The summed E-state index contributed by atoms with van der Waals surface area (Å²) in [6, 6.07) is 9.78. The summed E-state index contributed by atoms with van der Waals surface area (Å²) in [5, 5.41) is 3.02. The van der Waals surface area contributed by atoms with Crippen molar-refractivity contribution in [2.24, 2.45) is 10.7 Å². The minimum atomic E-state index is 0.464. The fourth-order valence-corrected chi connectivity index (χ4v) is 1.14. The van der Waals surface area contributed by atoms with Gasteiger partial charge < -0.3 is 11.1 Å². The number of nitrogens with zero attached hydrogens (tertiary/aromatic N) is 1. The first-order valence-electron chi connectivity index (χ1n) is 5.06. The van der Waals surface area contributed by atoms with E-state index in [2.05, 4.69) is 16.4 Å². The van der Waals surface area contributed by atoms with Crippen LogP contribution < -0.4 is 11.1 Å². The van der Waals surface area contributed by atoms with E-state index in [4.69, 9.17) is 5.73 Å². The molecule has 0 spiro atoms. The van der Waals surface area contributed by atoms with Crippen LogP contribution in [0.3, 0.4) is 0 Å². The Hall–Kier alpha value is -1.77. The maximum atomic E-state index is 5.70. The van der Waals surface area contributed by atoms with E-state index in [-0.39, 0.29) is 0 Å². The predicted octanol–water partition coefficient (Wildman–Crippen LogP) is 2.38. The van der Waals surface area contributed by atoms with Crippen LogP contribution in [0.4, 0.5) is 5.69 Å². The van der Waals surface area contributed by atoms with Crippen LogP contribution in [0.25, 0.3) is 0 Å². The number of nitrogens with one attached hydrogen (secondary N) is 1. The zero-order valence-corrected chi connectivity index (χ0v) is 8.98. The highest BCUT2D eigenvalue weighted by Crippen LogP contribution is 2.03. The van der Waals surface area contributed by atoms with E-state index < -0.39 is 0 Å². The number of aliphatic imine (C=N–C) groups is 1. The van der Waals surface area contributed by atoms with E-state index in [0.29, 0.717) is 5.96 Å². The van der Waals surface area contributed by atoms with Crippen molar-refractivity contribution in [1.29, 1.82) is 0 Å². The summed E-state index contributed by atoms with van der Waals surface area (Å²) in [5.74, 6) is 0.464. The maximum absolute atomic E-state index is 5.70. The summed E-state index contributed by atoms with van der Waals surface area (Å²) in [5.41, 5.74) is 6.67. The van der Waals surface area contributed by atoms with Gasteiger partial charge >= 0.3 is 0 Å². The molecule has 0 fully saturated rings. The SMILES string of the molecule is CC=CCCN=C(N)Nc1ccccc1. The lowest BCUT2D eigenvalue weighted by molar-refractivity contribution is 1.000. The summed E-state index contributed by atoms with van der Waals surface area (Å²) in [7, 11) is 0. The molecule has 0 amide bonds. The second-order valence-electron chi connectivity index (χ2n) is 3.12. The Bertz CT molecular complexity index is 328. The van der Waals surface area contributed by atoms with E-state index in [9.17, 15) is 0 Å². The molecule has 0 saturated heterocycles. The van der Waals surface area contributed by atoms with Gasteiger partial charge in [-0.05, 0) is 25.5 Å². The molecule has 3 N–H and O–H groups in total. The van der Waals surface area contributed by atoms with Gasteiger partial charge in [-0.25, -0.2) is 0 Å². The second-order valence-corrected chi connectivity index (χ2v) is 3.12. The van der Waals surface area contributed by atoms with Crippen molar-refractivity contribution in [3.05, 3.63) is 42.5 Å². The van der Waals surface area contributed by atoms with E-state index >= 15 is 0 Å². The number of hydrogen-bond acceptors (Lipinski definition) is 1. The molecule has 0 aliphatic carbocycles. The zero-order valence-electron chi connectivity index (χ0n) is 8.98. The number of rotatable bonds is 4. The molecule has 0 bridgehead atoms. The van der Waals surface area contributed by atoms with Gasteiger partial charge in [0.15, 0.2) is 5.96 Å². The van der Waals surface area contributed by atoms with Gasteiger partial charge in [0.1, 0.15) is 0 Å². The fraction of sp³-hybridized carbons (Fsp3) is 0.250. The molecule has 0 aliphatic rings. The Morgan fingerprint density at radius 3 is 2.80 bits per heavy atom. The molecule has 1 aromatic rings. The number of nitrogens with two attached hydrogens (primary N) is 1. The molecule has 3 heteroatoms. The van der Waals surface area contributed by atoms with Gasteiger partial charge in [-0.15, -0.1) is 0 Å². The monoisotopic (exact) mass is 203 g/mol. The third-order valence-corrected chi connectivity index (χ3v) is 1.86. The first-order chi connectivity index (χ1) is 7.33. The van der Waals surface area contributed by atoms with E-state index in [1.807, 2.05) is 43.3 Å². The lowest BCUT2D eigenvalue weighted by Crippen LogP contribution is -2.22. The summed E-state index contributed by atoms with van der Waals surface area (Å²) in [4.78, 5) is 4.19. The summed E-state index contributed by atoms with van der Waals surface area (Å²) in [6.07, 6.45) is 5.00. The van der Waals surface area contributed by atoms with Crippen LogP contribution in [0, 0.1) is 0 Å². The van der Waals surface area contributed by atoms with Gasteiger partial charge in [0.25, 0.3) is 0 Å². The van der Waals surface area contributed by atoms with Crippen LogP contribution in [-0.2, 0) is 0 Å². The first-order valence-corrected chi connectivity index (χ1v) is 5.06. The number of hydrogen-bond donors (Lipinski definition) is 2. The molecule has 0 unspecified atom stereocenters. The van der Waals surface area contributed by atoms with Gasteiger partial charge in [0.2, 0.25) is 0 Å². The third-order valence-electron chi connectivity index (χ3n) is 1.86. The van der Waals surface area contributed by atoms with Crippen LogP contribution in [-0.4, -0.2) is 12.5 Å². The Balaban J connectivity index is 2.38. The van der Waals surface area contributed by atoms with Gasteiger partial charge in [-0.1, -0.05) is 30.4 Å². The predicted molar refractivity (Wildman–Crippen MR) is 66.0 cm³/mol. The zero-order chi connectivity index (χ0) is 10.9. The van der Waals surface area contributed by atoms with E-state index in [1.165, 1.54) is 0 Å². The summed E-state index contributed by atoms with van der Waals surface area (Å²) >= 11 is 0. The molecule has 1 rings (SSSR count). The minimum Gasteiger partial charge on any atom is -0.370 e. The molecule has 0 heterocycles. The lowest BCUT2D eigenvalue weighted by atomic mass is 10.3. The second kappa shape index (κ2) is 6.65. The first kappa shape index (κ1) is 11.3. The Labute approximate surface area is 90.7 Å². The molecular weight excluding hydrogens is 186 g/mol. The van der Waals surface area contributed by atoms with E-state index in [0.717, 1.165) is 18.7 Å². The van der Waals surface area contributed by atoms with Gasteiger partial charge in [-0.2, -0.15) is 0 Å². The molecule has 0 aliphatic heterocycles. The number of benzene rings is 1. The standard InChI is InChI=1S/C12H17N3/c1-2-3-7-10-14-12(13)15-11-8-5-4-6-9-11/h2-6,8-9H,7,10H2,1H3,(H3,13,14,15).